The zero-order valence-electron chi connectivity index (χ0n) is 23.4. The maximum absolute atomic E-state index is 10.3. The molecule has 210 valence electrons. The molecule has 0 aromatic rings. The minimum atomic E-state index is -0.678. The van der Waals surface area contributed by atoms with Crippen LogP contribution in [0.25, 0.3) is 0 Å². The number of rotatable bonds is 26. The van der Waals surface area contributed by atoms with Crippen molar-refractivity contribution in [1.29, 1.82) is 0 Å². The lowest BCUT2D eigenvalue weighted by molar-refractivity contribution is -0.138. The molecule has 0 amide bonds. The summed E-state index contributed by atoms with van der Waals surface area (Å²) >= 11 is 0. The maximum atomic E-state index is 10.3. The zero-order chi connectivity index (χ0) is 26.4. The number of carboxylic acids is 2. The highest BCUT2D eigenvalue weighted by Gasteiger charge is 2.03. The smallest absolute Gasteiger partial charge is 0.303 e. The molecular formula is C30H60O5. The van der Waals surface area contributed by atoms with E-state index in [4.69, 9.17) is 10.2 Å². The zero-order valence-corrected chi connectivity index (χ0v) is 23.4. The van der Waals surface area contributed by atoms with Gasteiger partial charge in [0.25, 0.3) is 0 Å². The molecule has 0 aliphatic heterocycles. The Hall–Kier alpha value is -1.10. The number of aliphatic hydroxyl groups is 1. The SMILES string of the molecule is CCCCCCC(O)CCCCCCCCCCC(=O)O.CCCCCCCCCCCC(=O)O. The monoisotopic (exact) mass is 500 g/mol. The van der Waals surface area contributed by atoms with Gasteiger partial charge in [-0.15, -0.1) is 0 Å². The first-order chi connectivity index (χ1) is 16.9. The highest BCUT2D eigenvalue weighted by Crippen LogP contribution is 2.14. The van der Waals surface area contributed by atoms with Gasteiger partial charge in [0.15, 0.2) is 0 Å². The van der Waals surface area contributed by atoms with Crippen molar-refractivity contribution in [1.82, 2.24) is 0 Å². The van der Waals surface area contributed by atoms with Crippen molar-refractivity contribution in [3.05, 3.63) is 0 Å². The van der Waals surface area contributed by atoms with E-state index in [1.54, 1.807) is 0 Å². The summed E-state index contributed by atoms with van der Waals surface area (Å²) in [6, 6.07) is 0. The van der Waals surface area contributed by atoms with Gasteiger partial charge in [0, 0.05) is 12.8 Å². The highest BCUT2D eigenvalue weighted by atomic mass is 16.4. The van der Waals surface area contributed by atoms with Gasteiger partial charge in [-0.2, -0.15) is 0 Å². The van der Waals surface area contributed by atoms with E-state index in [0.717, 1.165) is 51.4 Å². The summed E-state index contributed by atoms with van der Waals surface area (Å²) in [4.78, 5) is 20.5. The third-order valence-corrected chi connectivity index (χ3v) is 6.56. The van der Waals surface area contributed by atoms with Crippen molar-refractivity contribution in [2.24, 2.45) is 0 Å². The van der Waals surface area contributed by atoms with Crippen LogP contribution in [0.15, 0.2) is 0 Å². The first kappa shape index (κ1) is 36.1. The Labute approximate surface area is 217 Å². The summed E-state index contributed by atoms with van der Waals surface area (Å²) in [5.41, 5.74) is 0. The minimum absolute atomic E-state index is 0.0853. The molecule has 0 fully saturated rings. The molecule has 3 N–H and O–H groups in total. The van der Waals surface area contributed by atoms with Crippen LogP contribution in [0.5, 0.6) is 0 Å². The summed E-state index contributed by atoms with van der Waals surface area (Å²) in [6.07, 6.45) is 27.7. The molecule has 0 saturated heterocycles. The molecule has 5 heteroatoms. The van der Waals surface area contributed by atoms with Gasteiger partial charge in [0.05, 0.1) is 6.10 Å². The van der Waals surface area contributed by atoms with Crippen LogP contribution in [0.4, 0.5) is 0 Å². The molecule has 0 aromatic heterocycles. The van der Waals surface area contributed by atoms with E-state index in [1.807, 2.05) is 0 Å². The number of carbonyl (C=O) groups is 2. The normalized spacial score (nSPS) is 11.6. The fraction of sp³-hybridized carbons (Fsp3) is 0.933. The van der Waals surface area contributed by atoms with Crippen molar-refractivity contribution in [3.8, 4) is 0 Å². The second kappa shape index (κ2) is 30.9. The van der Waals surface area contributed by atoms with Gasteiger partial charge >= 0.3 is 11.9 Å². The van der Waals surface area contributed by atoms with Crippen molar-refractivity contribution in [3.63, 3.8) is 0 Å². The van der Waals surface area contributed by atoms with Crippen molar-refractivity contribution in [2.75, 3.05) is 0 Å². The van der Waals surface area contributed by atoms with Gasteiger partial charge in [-0.05, 0) is 25.7 Å². The standard InChI is InChI=1S/C18H36O3.C12H24O2/c1-2-3-4-11-14-17(19)15-12-9-7-5-6-8-10-13-16-18(20)21;1-2-3-4-5-6-7-8-9-10-11-12(13)14/h17,19H,2-16H2,1H3,(H,20,21);2-11H2,1H3,(H,13,14). The Morgan fingerprint density at radius 2 is 0.714 bits per heavy atom. The molecule has 35 heavy (non-hydrogen) atoms. The molecule has 0 radical (unpaired) electrons. The molecule has 0 spiro atoms. The topological polar surface area (TPSA) is 94.8 Å². The number of aliphatic hydroxyl groups excluding tert-OH is 1. The second-order valence-electron chi connectivity index (χ2n) is 10.2. The molecule has 0 bridgehead atoms. The summed E-state index contributed by atoms with van der Waals surface area (Å²) in [5, 5.41) is 26.8. The number of aliphatic carboxylic acids is 2. The lowest BCUT2D eigenvalue weighted by atomic mass is 10.0. The molecule has 5 nitrogen and oxygen atoms in total. The highest BCUT2D eigenvalue weighted by molar-refractivity contribution is 5.66. The maximum Gasteiger partial charge on any atom is 0.303 e. The van der Waals surface area contributed by atoms with Crippen molar-refractivity contribution < 1.29 is 24.9 Å². The molecule has 0 heterocycles. The van der Waals surface area contributed by atoms with E-state index in [1.165, 1.54) is 96.3 Å². The first-order valence-electron chi connectivity index (χ1n) is 15.1. The van der Waals surface area contributed by atoms with E-state index in [-0.39, 0.29) is 6.10 Å². The fourth-order valence-electron chi connectivity index (χ4n) is 4.25. The molecule has 0 saturated carbocycles. The minimum Gasteiger partial charge on any atom is -0.481 e. The van der Waals surface area contributed by atoms with Crippen LogP contribution in [0, 0.1) is 0 Å². The molecule has 0 aromatic carbocycles. The Balaban J connectivity index is 0. The lowest BCUT2D eigenvalue weighted by Crippen LogP contribution is -2.05. The largest absolute Gasteiger partial charge is 0.481 e. The van der Waals surface area contributed by atoms with Gasteiger partial charge in [0.2, 0.25) is 0 Å². The second-order valence-corrected chi connectivity index (χ2v) is 10.2. The number of carboxylic acid groups (broad SMARTS) is 2. The average Bonchev–Trinajstić information content (AvgIpc) is 2.82. The number of hydrogen-bond acceptors (Lipinski definition) is 3. The molecule has 0 aliphatic carbocycles. The molecular weight excluding hydrogens is 440 g/mol. The van der Waals surface area contributed by atoms with E-state index < -0.39 is 11.9 Å². The van der Waals surface area contributed by atoms with Crippen LogP contribution >= 0.6 is 0 Å². The summed E-state index contributed by atoms with van der Waals surface area (Å²) in [7, 11) is 0. The van der Waals surface area contributed by atoms with Gasteiger partial charge in [0.1, 0.15) is 0 Å². The first-order valence-corrected chi connectivity index (χ1v) is 15.1. The Morgan fingerprint density at radius 3 is 1.03 bits per heavy atom. The number of hydrogen-bond donors (Lipinski definition) is 3. The summed E-state index contributed by atoms with van der Waals surface area (Å²) in [5.74, 6) is -1.34. The van der Waals surface area contributed by atoms with E-state index >= 15 is 0 Å². The van der Waals surface area contributed by atoms with E-state index in [2.05, 4.69) is 13.8 Å². The van der Waals surface area contributed by atoms with Crippen LogP contribution in [0.1, 0.15) is 174 Å². The lowest BCUT2D eigenvalue weighted by Gasteiger charge is -2.10. The molecule has 0 aliphatic rings. The van der Waals surface area contributed by atoms with Crippen LogP contribution < -0.4 is 0 Å². The van der Waals surface area contributed by atoms with Crippen molar-refractivity contribution >= 4 is 11.9 Å². The predicted octanol–water partition coefficient (Wildman–Crippen LogP) is 9.30. The van der Waals surface area contributed by atoms with Gasteiger partial charge in [-0.3, -0.25) is 9.59 Å². The van der Waals surface area contributed by atoms with Gasteiger partial charge in [-0.1, -0.05) is 136 Å². The predicted molar refractivity (Wildman–Crippen MR) is 148 cm³/mol. The van der Waals surface area contributed by atoms with Gasteiger partial charge < -0.3 is 15.3 Å². The Bertz CT molecular complexity index is 438. The molecule has 1 atom stereocenters. The van der Waals surface area contributed by atoms with E-state index in [9.17, 15) is 14.7 Å². The van der Waals surface area contributed by atoms with Crippen LogP contribution in [0.2, 0.25) is 0 Å². The molecule has 0 rings (SSSR count). The van der Waals surface area contributed by atoms with E-state index in [0.29, 0.717) is 12.8 Å². The number of unbranched alkanes of at least 4 members (excludes halogenated alkanes) is 18. The Kier molecular flexibility index (Phi) is 31.9. The molecule has 1 unspecified atom stereocenters. The van der Waals surface area contributed by atoms with Crippen LogP contribution in [-0.2, 0) is 9.59 Å². The quantitative estimate of drug-likeness (QED) is 0.103. The van der Waals surface area contributed by atoms with Gasteiger partial charge in [-0.25, -0.2) is 0 Å². The summed E-state index contributed by atoms with van der Waals surface area (Å²) < 4.78 is 0. The third kappa shape index (κ3) is 37.6. The third-order valence-electron chi connectivity index (χ3n) is 6.56. The van der Waals surface area contributed by atoms with Crippen LogP contribution in [-0.4, -0.2) is 33.4 Å². The van der Waals surface area contributed by atoms with Crippen LogP contribution in [0.3, 0.4) is 0 Å². The fourth-order valence-corrected chi connectivity index (χ4v) is 4.25. The Morgan fingerprint density at radius 1 is 0.457 bits per heavy atom. The van der Waals surface area contributed by atoms with Crippen molar-refractivity contribution in [2.45, 2.75) is 180 Å². The summed E-state index contributed by atoms with van der Waals surface area (Å²) in [6.45, 7) is 4.44. The average molecular weight is 501 g/mol.